The molecule has 1 saturated heterocycles. The number of piperidine rings is 1. The van der Waals surface area contributed by atoms with Crippen molar-refractivity contribution in [3.63, 3.8) is 0 Å². The molecule has 1 aromatic heterocycles. The first-order chi connectivity index (χ1) is 13.1. The van der Waals surface area contributed by atoms with Crippen LogP contribution in [0.1, 0.15) is 19.3 Å². The third kappa shape index (κ3) is 5.93. The van der Waals surface area contributed by atoms with E-state index in [2.05, 4.69) is 42.8 Å². The first-order valence-electron chi connectivity index (χ1n) is 9.30. The van der Waals surface area contributed by atoms with Gasteiger partial charge in [-0.05, 0) is 68.1 Å². The minimum atomic E-state index is -0.0621. The Kier molecular flexibility index (Phi) is 7.05. The number of nitrogens with zero attached hydrogens (tertiary/aromatic N) is 6. The molecule has 27 heavy (non-hydrogen) atoms. The molecule has 1 fully saturated rings. The van der Waals surface area contributed by atoms with Crippen molar-refractivity contribution in [2.75, 3.05) is 49.7 Å². The van der Waals surface area contributed by atoms with Gasteiger partial charge in [0.15, 0.2) is 0 Å². The highest BCUT2D eigenvalue weighted by atomic mass is 32.2. The molecule has 2 heterocycles. The molecule has 1 amide bonds. The predicted molar refractivity (Wildman–Crippen MR) is 108 cm³/mol. The Bertz CT molecular complexity index is 726. The second-order valence-corrected chi connectivity index (χ2v) is 7.86. The van der Waals surface area contributed by atoms with Crippen molar-refractivity contribution in [1.29, 1.82) is 0 Å². The van der Waals surface area contributed by atoms with Gasteiger partial charge in [-0.3, -0.25) is 4.79 Å². The second kappa shape index (κ2) is 9.70. The zero-order valence-electron chi connectivity index (χ0n) is 16.0. The monoisotopic (exact) mass is 389 g/mol. The van der Waals surface area contributed by atoms with Crippen molar-refractivity contribution in [1.82, 2.24) is 25.1 Å². The summed E-state index contributed by atoms with van der Waals surface area (Å²) >= 11 is 1.35. The van der Waals surface area contributed by atoms with E-state index in [1.807, 2.05) is 26.2 Å². The van der Waals surface area contributed by atoms with Crippen LogP contribution in [-0.2, 0) is 11.3 Å². The maximum absolute atomic E-state index is 12.2. The number of tetrazole rings is 1. The summed E-state index contributed by atoms with van der Waals surface area (Å²) < 4.78 is 1.73. The maximum atomic E-state index is 12.2. The van der Waals surface area contributed by atoms with Gasteiger partial charge in [0.25, 0.3) is 0 Å². The Morgan fingerprint density at radius 1 is 1.19 bits per heavy atom. The number of aromatic nitrogens is 4. The Hall–Kier alpha value is -2.13. The van der Waals surface area contributed by atoms with E-state index in [0.29, 0.717) is 11.7 Å². The molecule has 1 aromatic carbocycles. The fourth-order valence-corrected chi connectivity index (χ4v) is 3.67. The van der Waals surface area contributed by atoms with Crippen molar-refractivity contribution < 1.29 is 4.79 Å². The molecule has 0 atom stereocenters. The van der Waals surface area contributed by atoms with Crippen LogP contribution < -0.4 is 10.2 Å². The lowest BCUT2D eigenvalue weighted by molar-refractivity contribution is -0.113. The number of carbonyl (C=O) groups is 1. The van der Waals surface area contributed by atoms with Crippen LogP contribution in [0.25, 0.3) is 0 Å². The lowest BCUT2D eigenvalue weighted by Gasteiger charge is -2.28. The molecule has 3 rings (SSSR count). The summed E-state index contributed by atoms with van der Waals surface area (Å²) in [6.07, 6.45) is 3.83. The van der Waals surface area contributed by atoms with Crippen molar-refractivity contribution in [3.05, 3.63) is 24.3 Å². The van der Waals surface area contributed by atoms with E-state index < -0.39 is 0 Å². The van der Waals surface area contributed by atoms with Gasteiger partial charge in [-0.15, -0.1) is 5.10 Å². The molecule has 1 aliphatic heterocycles. The smallest absolute Gasteiger partial charge is 0.234 e. The largest absolute Gasteiger partial charge is 0.372 e. The normalized spacial score (nSPS) is 14.6. The summed E-state index contributed by atoms with van der Waals surface area (Å²) in [7, 11) is 4.00. The minimum Gasteiger partial charge on any atom is -0.372 e. The van der Waals surface area contributed by atoms with Crippen LogP contribution in [0.15, 0.2) is 29.4 Å². The summed E-state index contributed by atoms with van der Waals surface area (Å²) in [6, 6.07) is 8.09. The molecule has 0 aliphatic carbocycles. The van der Waals surface area contributed by atoms with Gasteiger partial charge in [-0.25, -0.2) is 4.68 Å². The van der Waals surface area contributed by atoms with Crippen LogP contribution in [0.2, 0.25) is 0 Å². The number of benzene rings is 1. The topological polar surface area (TPSA) is 79.2 Å². The molecule has 8 nitrogen and oxygen atoms in total. The fraction of sp³-hybridized carbons (Fsp3) is 0.556. The number of likely N-dealkylation sites (N-methyl/N-ethyl adjacent to an activating group) is 1. The van der Waals surface area contributed by atoms with Crippen LogP contribution in [0.5, 0.6) is 0 Å². The third-order valence-corrected chi connectivity index (χ3v) is 5.42. The van der Waals surface area contributed by atoms with Gasteiger partial charge in [0, 0.05) is 31.0 Å². The van der Waals surface area contributed by atoms with Crippen LogP contribution in [0.4, 0.5) is 11.4 Å². The van der Waals surface area contributed by atoms with Crippen LogP contribution >= 0.6 is 11.8 Å². The zero-order valence-corrected chi connectivity index (χ0v) is 16.8. The molecule has 0 saturated carbocycles. The molecular formula is C18H27N7OS. The average molecular weight is 390 g/mol. The molecule has 1 aliphatic rings. The number of carbonyl (C=O) groups excluding carboxylic acids is 1. The summed E-state index contributed by atoms with van der Waals surface area (Å²) in [4.78, 5) is 16.7. The predicted octanol–water partition coefficient (Wildman–Crippen LogP) is 1.96. The summed E-state index contributed by atoms with van der Waals surface area (Å²) in [5.74, 6) is 0.212. The quantitative estimate of drug-likeness (QED) is 0.691. The number of anilines is 2. The summed E-state index contributed by atoms with van der Waals surface area (Å²) in [6.45, 7) is 3.77. The van der Waals surface area contributed by atoms with E-state index in [9.17, 15) is 4.79 Å². The van der Waals surface area contributed by atoms with Gasteiger partial charge in [0.05, 0.1) is 12.3 Å². The number of amides is 1. The Balaban J connectivity index is 1.47. The van der Waals surface area contributed by atoms with E-state index in [1.54, 1.807) is 4.68 Å². The van der Waals surface area contributed by atoms with Crippen LogP contribution in [-0.4, -0.2) is 70.5 Å². The minimum absolute atomic E-state index is 0.0621. The maximum Gasteiger partial charge on any atom is 0.234 e. The number of rotatable bonds is 8. The average Bonchev–Trinajstić information content (AvgIpc) is 3.13. The highest BCUT2D eigenvalue weighted by Crippen LogP contribution is 2.22. The molecule has 0 radical (unpaired) electrons. The summed E-state index contributed by atoms with van der Waals surface area (Å²) in [5, 5.41) is 15.3. The van der Waals surface area contributed by atoms with Gasteiger partial charge >= 0.3 is 0 Å². The Labute approximate surface area is 164 Å². The van der Waals surface area contributed by atoms with Gasteiger partial charge in [0.1, 0.15) is 0 Å². The van der Waals surface area contributed by atoms with Crippen LogP contribution in [0, 0.1) is 0 Å². The molecule has 1 N–H and O–H groups in total. The molecule has 2 aromatic rings. The van der Waals surface area contributed by atoms with E-state index >= 15 is 0 Å². The Morgan fingerprint density at radius 2 is 1.93 bits per heavy atom. The number of nitrogens with one attached hydrogen (secondary N) is 1. The van der Waals surface area contributed by atoms with E-state index in [1.165, 1.54) is 36.7 Å². The van der Waals surface area contributed by atoms with E-state index in [-0.39, 0.29) is 11.7 Å². The van der Waals surface area contributed by atoms with Gasteiger partial charge in [-0.2, -0.15) is 0 Å². The van der Waals surface area contributed by atoms with Gasteiger partial charge < -0.3 is 15.1 Å². The first kappa shape index (κ1) is 19.6. The molecule has 0 spiro atoms. The fourth-order valence-electron chi connectivity index (χ4n) is 2.97. The van der Waals surface area contributed by atoms with Crippen molar-refractivity contribution in [2.45, 2.75) is 31.0 Å². The first-order valence-corrected chi connectivity index (χ1v) is 10.3. The van der Waals surface area contributed by atoms with E-state index in [0.717, 1.165) is 25.3 Å². The molecule has 0 bridgehead atoms. The SMILES string of the molecule is CN(C)CCn1nnnc1SCC(=O)Nc1ccc(N2CCCCC2)cc1. The van der Waals surface area contributed by atoms with Crippen molar-refractivity contribution in [2.24, 2.45) is 0 Å². The third-order valence-electron chi connectivity index (χ3n) is 4.46. The zero-order chi connectivity index (χ0) is 19.1. The van der Waals surface area contributed by atoms with E-state index in [4.69, 9.17) is 0 Å². The highest BCUT2D eigenvalue weighted by molar-refractivity contribution is 7.99. The standard InChI is InChI=1S/C18H27N7OS/c1-23(2)12-13-25-18(20-21-22-25)27-14-17(26)19-15-6-8-16(9-7-15)24-10-4-3-5-11-24/h6-9H,3-5,10-14H2,1-2H3,(H,19,26). The van der Waals surface area contributed by atoms with Gasteiger partial charge in [0.2, 0.25) is 11.1 Å². The molecule has 146 valence electrons. The lowest BCUT2D eigenvalue weighted by Crippen LogP contribution is -2.29. The Morgan fingerprint density at radius 3 is 2.63 bits per heavy atom. The van der Waals surface area contributed by atoms with Crippen molar-refractivity contribution >= 4 is 29.0 Å². The lowest BCUT2D eigenvalue weighted by atomic mass is 10.1. The highest BCUT2D eigenvalue weighted by Gasteiger charge is 2.12. The van der Waals surface area contributed by atoms with Gasteiger partial charge in [-0.1, -0.05) is 11.8 Å². The number of hydrogen-bond donors (Lipinski definition) is 1. The number of hydrogen-bond acceptors (Lipinski definition) is 7. The second-order valence-electron chi connectivity index (χ2n) is 6.92. The molecular weight excluding hydrogens is 362 g/mol. The van der Waals surface area contributed by atoms with Crippen molar-refractivity contribution in [3.8, 4) is 0 Å². The number of thioether (sulfide) groups is 1. The molecule has 0 unspecified atom stereocenters. The van der Waals surface area contributed by atoms with Crippen LogP contribution in [0.3, 0.4) is 0 Å². The summed E-state index contributed by atoms with van der Waals surface area (Å²) in [5.41, 5.74) is 2.04. The molecule has 9 heteroatoms.